The van der Waals surface area contributed by atoms with Gasteiger partial charge >= 0.3 is 5.97 Å². The fraction of sp³-hybridized carbons (Fsp3) is 0.591. The SMILES string of the molecule is CCCC1CCC(C2=C[C+]=C(C(=O)OCCN3C=CN(C)C3)C=C2)CC1. The Morgan fingerprint density at radius 1 is 1.23 bits per heavy atom. The van der Waals surface area contributed by atoms with Crippen LogP contribution in [0, 0.1) is 17.9 Å². The first-order valence-electron chi connectivity index (χ1n) is 9.97. The van der Waals surface area contributed by atoms with Gasteiger partial charge in [0.2, 0.25) is 5.57 Å². The van der Waals surface area contributed by atoms with Gasteiger partial charge in [-0.25, -0.2) is 0 Å². The standard InChI is InChI=1S/C22H31N2O2/c1-3-4-18-5-7-19(8-6-18)20-9-11-21(12-10-20)22(25)26-16-15-24-14-13-23(2)17-24/h9-11,13-14,18-19H,3-8,15-17H2,1-2H3/q+1. The summed E-state index contributed by atoms with van der Waals surface area (Å²) >= 11 is 0. The van der Waals surface area contributed by atoms with Gasteiger partial charge in [0.15, 0.2) is 0 Å². The molecule has 1 heterocycles. The van der Waals surface area contributed by atoms with Crippen molar-refractivity contribution in [2.45, 2.75) is 45.4 Å². The van der Waals surface area contributed by atoms with Gasteiger partial charge in [-0.1, -0.05) is 19.8 Å². The van der Waals surface area contributed by atoms with Gasteiger partial charge in [0.25, 0.3) is 0 Å². The summed E-state index contributed by atoms with van der Waals surface area (Å²) in [7, 11) is 2.02. The van der Waals surface area contributed by atoms with Crippen LogP contribution in [0.3, 0.4) is 0 Å². The summed E-state index contributed by atoms with van der Waals surface area (Å²) in [6.45, 7) is 4.23. The Kier molecular flexibility index (Phi) is 6.51. The third kappa shape index (κ3) is 4.98. The van der Waals surface area contributed by atoms with Crippen molar-refractivity contribution in [2.75, 3.05) is 26.9 Å². The van der Waals surface area contributed by atoms with Gasteiger partial charge in [0, 0.05) is 49.2 Å². The van der Waals surface area contributed by atoms with Crippen molar-refractivity contribution in [3.05, 3.63) is 47.9 Å². The summed E-state index contributed by atoms with van der Waals surface area (Å²) in [5.74, 6) is 1.27. The van der Waals surface area contributed by atoms with Gasteiger partial charge in [-0.2, -0.15) is 4.79 Å². The summed E-state index contributed by atoms with van der Waals surface area (Å²) in [4.78, 5) is 16.4. The molecule has 4 heteroatoms. The van der Waals surface area contributed by atoms with Crippen LogP contribution < -0.4 is 0 Å². The molecule has 0 aromatic heterocycles. The average Bonchev–Trinajstić information content (AvgIpc) is 3.08. The van der Waals surface area contributed by atoms with E-state index in [0.29, 0.717) is 24.6 Å². The normalized spacial score (nSPS) is 25.0. The highest BCUT2D eigenvalue weighted by Gasteiger charge is 2.27. The molecule has 0 amide bonds. The molecule has 26 heavy (non-hydrogen) atoms. The zero-order chi connectivity index (χ0) is 18.4. The molecule has 140 valence electrons. The Balaban J connectivity index is 1.42. The van der Waals surface area contributed by atoms with Crippen molar-refractivity contribution in [3.63, 3.8) is 0 Å². The predicted molar refractivity (Wildman–Crippen MR) is 104 cm³/mol. The summed E-state index contributed by atoms with van der Waals surface area (Å²) in [6, 6.07) is 0. The van der Waals surface area contributed by atoms with Crippen molar-refractivity contribution in [2.24, 2.45) is 11.8 Å². The summed E-state index contributed by atoms with van der Waals surface area (Å²) in [5.41, 5.74) is 1.85. The van der Waals surface area contributed by atoms with E-state index in [9.17, 15) is 4.79 Å². The lowest BCUT2D eigenvalue weighted by Crippen LogP contribution is -2.26. The fourth-order valence-electron chi connectivity index (χ4n) is 4.08. The van der Waals surface area contributed by atoms with E-state index in [1.807, 2.05) is 31.6 Å². The zero-order valence-corrected chi connectivity index (χ0v) is 16.1. The molecule has 0 radical (unpaired) electrons. The van der Waals surface area contributed by atoms with Crippen LogP contribution in [0.2, 0.25) is 0 Å². The third-order valence-corrected chi connectivity index (χ3v) is 5.62. The largest absolute Gasteiger partial charge is 0.431 e. The van der Waals surface area contributed by atoms with Crippen LogP contribution in [-0.2, 0) is 9.53 Å². The Hall–Kier alpha value is -2.06. The highest BCUT2D eigenvalue weighted by Crippen LogP contribution is 2.36. The van der Waals surface area contributed by atoms with Crippen molar-refractivity contribution < 1.29 is 9.53 Å². The molecule has 0 N–H and O–H groups in total. The monoisotopic (exact) mass is 355 g/mol. The van der Waals surface area contributed by atoms with E-state index in [1.165, 1.54) is 44.1 Å². The molecule has 0 spiro atoms. The maximum atomic E-state index is 12.2. The van der Waals surface area contributed by atoms with Crippen molar-refractivity contribution in [1.82, 2.24) is 9.80 Å². The molecule has 0 aromatic carbocycles. The Morgan fingerprint density at radius 3 is 2.65 bits per heavy atom. The second kappa shape index (κ2) is 9.05. The molecule has 3 rings (SSSR count). The van der Waals surface area contributed by atoms with Crippen molar-refractivity contribution >= 4 is 5.97 Å². The maximum absolute atomic E-state index is 12.2. The second-order valence-electron chi connectivity index (χ2n) is 7.69. The third-order valence-electron chi connectivity index (χ3n) is 5.62. The molecule has 3 aliphatic rings. The lowest BCUT2D eigenvalue weighted by molar-refractivity contribution is -0.138. The number of ether oxygens (including phenoxy) is 1. The molecule has 0 aromatic rings. The van der Waals surface area contributed by atoms with Gasteiger partial charge in [-0.3, -0.25) is 0 Å². The van der Waals surface area contributed by atoms with Crippen LogP contribution in [0.4, 0.5) is 0 Å². The number of hydrogen-bond acceptors (Lipinski definition) is 4. The topological polar surface area (TPSA) is 32.8 Å². The lowest BCUT2D eigenvalue weighted by atomic mass is 9.76. The van der Waals surface area contributed by atoms with Crippen LogP contribution in [0.5, 0.6) is 0 Å². The highest BCUT2D eigenvalue weighted by atomic mass is 16.5. The molecule has 1 saturated carbocycles. The van der Waals surface area contributed by atoms with Crippen molar-refractivity contribution in [3.8, 4) is 0 Å². The first-order chi connectivity index (χ1) is 12.7. The van der Waals surface area contributed by atoms with E-state index < -0.39 is 0 Å². The Morgan fingerprint density at radius 2 is 2.04 bits per heavy atom. The summed E-state index contributed by atoms with van der Waals surface area (Å²) in [5, 5.41) is 0. The zero-order valence-electron chi connectivity index (χ0n) is 16.1. The number of allylic oxidation sites excluding steroid dienone is 4. The molecule has 1 fully saturated rings. The Labute approximate surface area is 157 Å². The molecular formula is C22H31N2O2+. The molecule has 0 unspecified atom stereocenters. The van der Waals surface area contributed by atoms with Crippen LogP contribution in [0.15, 0.2) is 41.8 Å². The average molecular weight is 356 g/mol. The van der Waals surface area contributed by atoms with Gasteiger partial charge in [-0.05, 0) is 31.6 Å². The summed E-state index contributed by atoms with van der Waals surface area (Å²) < 4.78 is 5.39. The number of carbonyl (C=O) groups excluding carboxylic acids is 1. The van der Waals surface area contributed by atoms with Gasteiger partial charge in [0.1, 0.15) is 6.61 Å². The molecule has 1 aliphatic heterocycles. The lowest BCUT2D eigenvalue weighted by Gasteiger charge is -2.27. The van der Waals surface area contributed by atoms with E-state index in [0.717, 1.165) is 12.6 Å². The highest BCUT2D eigenvalue weighted by molar-refractivity contribution is 5.91. The number of nitrogens with zero attached hydrogens (tertiary/aromatic N) is 2. The second-order valence-corrected chi connectivity index (χ2v) is 7.69. The minimum Gasteiger partial charge on any atom is -0.415 e. The van der Waals surface area contributed by atoms with E-state index >= 15 is 0 Å². The first kappa shape index (κ1) is 18.7. The number of esters is 1. The fourth-order valence-corrected chi connectivity index (χ4v) is 4.08. The van der Waals surface area contributed by atoms with Gasteiger partial charge in [0.05, 0.1) is 19.3 Å². The van der Waals surface area contributed by atoms with E-state index in [4.69, 9.17) is 4.74 Å². The minimum atomic E-state index is -0.278. The molecule has 4 nitrogen and oxygen atoms in total. The molecule has 2 aliphatic carbocycles. The minimum absolute atomic E-state index is 0.278. The Bertz CT molecular complexity index is 610. The van der Waals surface area contributed by atoms with Gasteiger partial charge in [-0.15, -0.1) is 0 Å². The number of carbonyl (C=O) groups is 1. The van der Waals surface area contributed by atoms with Crippen LogP contribution in [0.25, 0.3) is 0 Å². The quantitative estimate of drug-likeness (QED) is 0.510. The number of hydrogen-bond donors (Lipinski definition) is 0. The maximum Gasteiger partial charge on any atom is 0.431 e. The van der Waals surface area contributed by atoms with Crippen LogP contribution >= 0.6 is 0 Å². The smallest absolute Gasteiger partial charge is 0.415 e. The van der Waals surface area contributed by atoms with Crippen molar-refractivity contribution in [1.29, 1.82) is 0 Å². The molecule has 0 bridgehead atoms. The van der Waals surface area contributed by atoms with Gasteiger partial charge < -0.3 is 14.5 Å². The number of rotatable bonds is 7. The van der Waals surface area contributed by atoms with E-state index in [-0.39, 0.29) is 5.97 Å². The predicted octanol–water partition coefficient (Wildman–Crippen LogP) is 4.04. The van der Waals surface area contributed by atoms with Crippen LogP contribution in [0.1, 0.15) is 45.4 Å². The molecular weight excluding hydrogens is 324 g/mol. The first-order valence-corrected chi connectivity index (χ1v) is 9.97. The molecule has 0 atom stereocenters. The van der Waals surface area contributed by atoms with E-state index in [2.05, 4.69) is 28.9 Å². The van der Waals surface area contributed by atoms with E-state index in [1.54, 1.807) is 0 Å². The van der Waals surface area contributed by atoms with Crippen LogP contribution in [-0.4, -0.2) is 42.6 Å². The summed E-state index contributed by atoms with van der Waals surface area (Å²) in [6.07, 6.45) is 21.0. The molecule has 0 saturated heterocycles.